The number of rotatable bonds is 20. The number of ether oxygens (including phenoxy) is 1. The number of unbranched alkanes of at least 4 members (excludes halogenated alkanes) is 11. The lowest BCUT2D eigenvalue weighted by molar-refractivity contribution is 0.0495. The van der Waals surface area contributed by atoms with Crippen molar-refractivity contribution in [3.05, 3.63) is 48.2 Å². The summed E-state index contributed by atoms with van der Waals surface area (Å²) in [6.45, 7) is 10.2. The van der Waals surface area contributed by atoms with E-state index in [1.54, 1.807) is 24.5 Å². The van der Waals surface area contributed by atoms with Crippen LogP contribution in [-0.2, 0) is 20.6 Å². The zero-order valence-corrected chi connectivity index (χ0v) is 36.9. The Balaban J connectivity index is 1.10. The first-order valence-electron chi connectivity index (χ1n) is 22.1. The van der Waals surface area contributed by atoms with E-state index in [1.165, 1.54) is 57.6 Å². The third-order valence-corrected chi connectivity index (χ3v) is 15.4. The van der Waals surface area contributed by atoms with Crippen LogP contribution in [0.3, 0.4) is 0 Å². The van der Waals surface area contributed by atoms with Crippen molar-refractivity contribution in [3.63, 3.8) is 0 Å². The van der Waals surface area contributed by atoms with Crippen molar-refractivity contribution in [1.29, 1.82) is 0 Å². The van der Waals surface area contributed by atoms with Crippen LogP contribution in [0.1, 0.15) is 110 Å². The number of benzene rings is 2. The van der Waals surface area contributed by atoms with Crippen LogP contribution in [0.15, 0.2) is 51.2 Å². The van der Waals surface area contributed by atoms with Gasteiger partial charge >= 0.3 is 0 Å². The zero-order chi connectivity index (χ0) is 41.1. The zero-order valence-electron chi connectivity index (χ0n) is 35.2. The molecule has 0 N–H and O–H groups in total. The molecule has 6 rings (SSSR count). The average molecular weight is 844 g/mol. The van der Waals surface area contributed by atoms with E-state index in [1.807, 2.05) is 0 Å². The lowest BCUT2D eigenvalue weighted by atomic mass is 9.96. The molecule has 1 unspecified atom stereocenters. The number of piperazine rings is 1. The summed E-state index contributed by atoms with van der Waals surface area (Å²) in [5, 5.41) is 0.559. The molecular weight excluding hydrogens is 777 g/mol. The number of fused-ring (bicyclic) bond motifs is 1. The summed E-state index contributed by atoms with van der Waals surface area (Å²) < 4.78 is 78.1. The van der Waals surface area contributed by atoms with Gasteiger partial charge in [-0.25, -0.2) is 17.2 Å². The molecule has 4 heterocycles. The van der Waals surface area contributed by atoms with E-state index in [9.17, 15) is 12.6 Å². The van der Waals surface area contributed by atoms with Crippen molar-refractivity contribution < 1.29 is 26.1 Å². The maximum Gasteiger partial charge on any atom is 0.210 e. The minimum atomic E-state index is -4.44. The molecule has 0 aliphatic carbocycles. The van der Waals surface area contributed by atoms with Crippen molar-refractivity contribution in [2.75, 3.05) is 77.2 Å². The Morgan fingerprint density at radius 1 is 0.741 bits per heavy atom. The Bertz CT molecular complexity index is 1890. The van der Waals surface area contributed by atoms with Gasteiger partial charge in [-0.2, -0.15) is 0 Å². The van der Waals surface area contributed by atoms with E-state index < -0.39 is 42.9 Å². The van der Waals surface area contributed by atoms with Gasteiger partial charge in [0.25, 0.3) is 0 Å². The second kappa shape index (κ2) is 21.7. The molecule has 1 aromatic heterocycles. The van der Waals surface area contributed by atoms with E-state index in [0.717, 1.165) is 96.3 Å². The predicted molar refractivity (Wildman–Crippen MR) is 231 cm³/mol. The summed E-state index contributed by atoms with van der Waals surface area (Å²) in [5.41, 5.74) is 1.01. The van der Waals surface area contributed by atoms with Crippen LogP contribution in [-0.4, -0.2) is 117 Å². The third kappa shape index (κ3) is 11.6. The Morgan fingerprint density at radius 3 is 1.84 bits per heavy atom. The average Bonchev–Trinajstić information content (AvgIpc) is 3.23. The molecule has 2 aromatic carbocycles. The Kier molecular flexibility index (Phi) is 16.8. The highest BCUT2D eigenvalue weighted by Gasteiger charge is 2.34. The van der Waals surface area contributed by atoms with Crippen LogP contribution in [0.2, 0.25) is 0 Å². The number of nitrogens with zero attached hydrogens (tertiary/aromatic N) is 5. The monoisotopic (exact) mass is 843 g/mol. The lowest BCUT2D eigenvalue weighted by Gasteiger charge is -2.46. The van der Waals surface area contributed by atoms with Gasteiger partial charge in [-0.3, -0.25) is 14.1 Å². The van der Waals surface area contributed by atoms with Gasteiger partial charge in [-0.1, -0.05) is 77.6 Å². The maximum absolute atomic E-state index is 15.5. The minimum Gasteiger partial charge on any atom is -0.488 e. The van der Waals surface area contributed by atoms with Gasteiger partial charge < -0.3 is 19.4 Å². The second-order valence-corrected chi connectivity index (χ2v) is 20.2. The standard InChI is InChI=1S/C45H67F2N5O4S2/c1-4-5-6-7-8-9-10-11-12-13-14-15-30-56-45-40(46)32-38(33-41(45)47)58(54,55)43-34-48-42-17-16-37(57(3)53)31-39(42)44(43)52-24-20-35(21-25-52)50-22-18-36(19-23-50)51-28-26-49(2)27-29-51/h16-17,31-36H,4-15,18-30H2,1-3H3. The number of aromatic nitrogens is 1. The molecule has 3 saturated heterocycles. The van der Waals surface area contributed by atoms with E-state index in [4.69, 9.17) is 4.74 Å². The first-order valence-corrected chi connectivity index (χ1v) is 25.2. The number of likely N-dealkylation sites (N-methyl/N-ethyl adjacent to an activating group) is 1. The summed E-state index contributed by atoms with van der Waals surface area (Å²) in [4.78, 5) is 14.2. The van der Waals surface area contributed by atoms with E-state index >= 15 is 8.78 Å². The molecule has 3 aromatic rings. The normalized spacial score (nSPS) is 18.9. The van der Waals surface area contributed by atoms with E-state index in [2.05, 4.69) is 38.6 Å². The van der Waals surface area contributed by atoms with Gasteiger partial charge in [0.15, 0.2) is 17.4 Å². The van der Waals surface area contributed by atoms with Gasteiger partial charge in [-0.15, -0.1) is 0 Å². The molecule has 1 atom stereocenters. The van der Waals surface area contributed by atoms with Gasteiger partial charge in [0.1, 0.15) is 4.90 Å². The van der Waals surface area contributed by atoms with Crippen LogP contribution in [0.4, 0.5) is 14.5 Å². The SMILES string of the molecule is CCCCCCCCCCCCCCOc1c(F)cc(S(=O)(=O)c2cnc3ccc(S(C)=O)cc3c2N2CCC(N3CCC(N4CCN(C)CC4)CC3)CC2)cc1F. The Morgan fingerprint density at radius 2 is 1.28 bits per heavy atom. The van der Waals surface area contributed by atoms with Crippen LogP contribution in [0.5, 0.6) is 5.75 Å². The highest BCUT2D eigenvalue weighted by atomic mass is 32.2. The summed E-state index contributed by atoms with van der Waals surface area (Å²) >= 11 is 0. The van der Waals surface area contributed by atoms with E-state index in [-0.39, 0.29) is 11.5 Å². The van der Waals surface area contributed by atoms with Crippen LogP contribution < -0.4 is 9.64 Å². The Labute approximate surface area is 349 Å². The van der Waals surface area contributed by atoms with Crippen molar-refractivity contribution in [2.24, 2.45) is 0 Å². The van der Waals surface area contributed by atoms with Crippen molar-refractivity contribution in [1.82, 2.24) is 19.7 Å². The molecule has 13 heteroatoms. The second-order valence-electron chi connectivity index (χ2n) is 16.9. The minimum absolute atomic E-state index is 0.116. The van der Waals surface area contributed by atoms with Crippen LogP contribution >= 0.6 is 0 Å². The van der Waals surface area contributed by atoms with Gasteiger partial charge in [-0.05, 0) is 82.6 Å². The van der Waals surface area contributed by atoms with Crippen molar-refractivity contribution in [3.8, 4) is 5.75 Å². The molecule has 0 radical (unpaired) electrons. The Hall–Kier alpha value is -2.71. The highest BCUT2D eigenvalue weighted by molar-refractivity contribution is 7.91. The van der Waals surface area contributed by atoms with Crippen molar-refractivity contribution >= 4 is 37.2 Å². The molecule has 0 bridgehead atoms. The predicted octanol–water partition coefficient (Wildman–Crippen LogP) is 8.84. The number of piperidine rings is 2. The number of hydrogen-bond donors (Lipinski definition) is 0. The highest BCUT2D eigenvalue weighted by Crippen LogP contribution is 2.40. The molecule has 3 aliphatic rings. The fourth-order valence-electron chi connectivity index (χ4n) is 9.17. The van der Waals surface area contributed by atoms with Gasteiger partial charge in [0.2, 0.25) is 9.84 Å². The van der Waals surface area contributed by atoms with Crippen molar-refractivity contribution in [2.45, 2.75) is 136 Å². The number of likely N-dealkylation sites (tertiary alicyclic amines) is 1. The molecular formula is C45H67F2N5O4S2. The summed E-state index contributed by atoms with van der Waals surface area (Å²) in [5.74, 6) is -2.65. The summed E-state index contributed by atoms with van der Waals surface area (Å²) in [7, 11) is -3.57. The smallest absolute Gasteiger partial charge is 0.210 e. The molecule has 3 aliphatic heterocycles. The lowest BCUT2D eigenvalue weighted by Crippen LogP contribution is -2.54. The van der Waals surface area contributed by atoms with Gasteiger partial charge in [0.05, 0.1) is 22.7 Å². The van der Waals surface area contributed by atoms with Crippen LogP contribution in [0, 0.1) is 11.6 Å². The molecule has 0 amide bonds. The fourth-order valence-corrected chi connectivity index (χ4v) is 11.2. The number of pyridine rings is 1. The largest absolute Gasteiger partial charge is 0.488 e. The number of hydrogen-bond acceptors (Lipinski definition) is 9. The van der Waals surface area contributed by atoms with Crippen LogP contribution in [0.25, 0.3) is 10.9 Å². The molecule has 58 heavy (non-hydrogen) atoms. The first-order chi connectivity index (χ1) is 28.1. The summed E-state index contributed by atoms with van der Waals surface area (Å²) in [6, 6.07) is 7.98. The molecule has 0 saturated carbocycles. The topological polar surface area (TPSA) is 86.3 Å². The molecule has 322 valence electrons. The first kappa shape index (κ1) is 44.8. The number of halogens is 2. The molecule has 0 spiro atoms. The fraction of sp³-hybridized carbons (Fsp3) is 0.667. The van der Waals surface area contributed by atoms with E-state index in [0.29, 0.717) is 53.1 Å². The van der Waals surface area contributed by atoms with Gasteiger partial charge in [0, 0.05) is 84.9 Å². The quantitative estimate of drug-likeness (QED) is 0.104. The number of sulfone groups is 1. The maximum atomic E-state index is 15.5. The molecule has 3 fully saturated rings. The third-order valence-electron chi connectivity index (χ3n) is 12.8. The number of anilines is 1. The summed E-state index contributed by atoms with van der Waals surface area (Å²) in [6.07, 6.45) is 21.0. The molecule has 9 nitrogen and oxygen atoms in total.